The number of nitrogens with zero attached hydrogens (tertiary/aromatic N) is 1. The van der Waals surface area contributed by atoms with Crippen molar-refractivity contribution in [2.24, 2.45) is 0 Å². The molecular formula is C23H29ClN2O4. The molecule has 0 aromatic heterocycles. The van der Waals surface area contributed by atoms with Crippen LogP contribution >= 0.6 is 11.6 Å². The number of methoxy groups -OCH3 is 1. The van der Waals surface area contributed by atoms with Crippen LogP contribution < -0.4 is 14.8 Å². The molecule has 6 nitrogen and oxygen atoms in total. The van der Waals surface area contributed by atoms with Crippen LogP contribution in [0.25, 0.3) is 0 Å². The van der Waals surface area contributed by atoms with E-state index in [-0.39, 0.29) is 18.2 Å². The highest BCUT2D eigenvalue weighted by Crippen LogP contribution is 2.19. The lowest BCUT2D eigenvalue weighted by molar-refractivity contribution is -0.141. The fourth-order valence-corrected chi connectivity index (χ4v) is 3.27. The lowest BCUT2D eigenvalue weighted by Gasteiger charge is -2.30. The van der Waals surface area contributed by atoms with Crippen molar-refractivity contribution in [2.45, 2.75) is 38.8 Å². The van der Waals surface area contributed by atoms with Gasteiger partial charge in [-0.25, -0.2) is 0 Å². The van der Waals surface area contributed by atoms with Crippen LogP contribution in [-0.2, 0) is 16.1 Å². The van der Waals surface area contributed by atoms with Crippen molar-refractivity contribution in [3.05, 3.63) is 59.1 Å². The van der Waals surface area contributed by atoms with Gasteiger partial charge in [-0.2, -0.15) is 0 Å². The molecule has 0 spiro atoms. The van der Waals surface area contributed by atoms with E-state index in [0.29, 0.717) is 42.5 Å². The molecule has 0 radical (unpaired) electrons. The molecule has 0 saturated heterocycles. The normalized spacial score (nSPS) is 11.5. The van der Waals surface area contributed by atoms with Crippen LogP contribution in [0.4, 0.5) is 0 Å². The highest BCUT2D eigenvalue weighted by atomic mass is 35.5. The molecular weight excluding hydrogens is 404 g/mol. The molecule has 0 aliphatic rings. The van der Waals surface area contributed by atoms with Gasteiger partial charge in [-0.05, 0) is 54.8 Å². The van der Waals surface area contributed by atoms with Gasteiger partial charge in [0.1, 0.15) is 17.5 Å². The lowest BCUT2D eigenvalue weighted by atomic mass is 10.1. The molecule has 0 aliphatic heterocycles. The monoisotopic (exact) mass is 432 g/mol. The molecule has 30 heavy (non-hydrogen) atoms. The summed E-state index contributed by atoms with van der Waals surface area (Å²) in [5, 5.41) is 3.30. The van der Waals surface area contributed by atoms with Gasteiger partial charge >= 0.3 is 0 Å². The fraction of sp³-hybridized carbons (Fsp3) is 0.391. The highest BCUT2D eigenvalue weighted by molar-refractivity contribution is 6.30. The molecule has 1 N–H and O–H groups in total. The number of hydrogen-bond donors (Lipinski definition) is 1. The molecule has 2 rings (SSSR count). The summed E-state index contributed by atoms with van der Waals surface area (Å²) in [6, 6.07) is 14.1. The number of ether oxygens (including phenoxy) is 2. The Labute approximate surface area is 183 Å². The van der Waals surface area contributed by atoms with Crippen molar-refractivity contribution in [3.63, 3.8) is 0 Å². The molecule has 0 aliphatic carbocycles. The number of hydrogen-bond acceptors (Lipinski definition) is 4. The SMILES string of the molecule is CC[C@H](C(=O)NC)N(Cc1cccc(OC)c1)C(=O)CCCOc1ccc(Cl)cc1. The smallest absolute Gasteiger partial charge is 0.242 e. The fourth-order valence-electron chi connectivity index (χ4n) is 3.14. The highest BCUT2D eigenvalue weighted by Gasteiger charge is 2.27. The first kappa shape index (κ1) is 23.5. The average Bonchev–Trinajstić information content (AvgIpc) is 2.77. The summed E-state index contributed by atoms with van der Waals surface area (Å²) in [6.07, 6.45) is 1.35. The van der Waals surface area contributed by atoms with Crippen molar-refractivity contribution in [1.29, 1.82) is 0 Å². The maximum absolute atomic E-state index is 13.0. The topological polar surface area (TPSA) is 67.9 Å². The van der Waals surface area contributed by atoms with Crippen LogP contribution in [-0.4, -0.2) is 43.5 Å². The van der Waals surface area contributed by atoms with E-state index >= 15 is 0 Å². The van der Waals surface area contributed by atoms with E-state index in [1.807, 2.05) is 31.2 Å². The Balaban J connectivity index is 2.03. The number of benzene rings is 2. The molecule has 2 aromatic rings. The Morgan fingerprint density at radius 3 is 2.50 bits per heavy atom. The van der Waals surface area contributed by atoms with Gasteiger partial charge in [-0.15, -0.1) is 0 Å². The summed E-state index contributed by atoms with van der Waals surface area (Å²) in [5.74, 6) is 1.15. The van der Waals surface area contributed by atoms with Crippen molar-refractivity contribution >= 4 is 23.4 Å². The number of rotatable bonds is 11. The number of halogens is 1. The molecule has 0 saturated carbocycles. The summed E-state index contributed by atoms with van der Waals surface area (Å²) in [5.41, 5.74) is 0.905. The molecule has 0 heterocycles. The molecule has 2 amide bonds. The number of nitrogens with one attached hydrogen (secondary N) is 1. The maximum Gasteiger partial charge on any atom is 0.242 e. The first-order valence-corrected chi connectivity index (χ1v) is 10.4. The second kappa shape index (κ2) is 12.1. The quantitative estimate of drug-likeness (QED) is 0.544. The van der Waals surface area contributed by atoms with Gasteiger partial charge in [0.2, 0.25) is 11.8 Å². The molecule has 0 unspecified atom stereocenters. The van der Waals surface area contributed by atoms with Crippen LogP contribution in [0.3, 0.4) is 0 Å². The van der Waals surface area contributed by atoms with E-state index in [4.69, 9.17) is 21.1 Å². The zero-order valence-electron chi connectivity index (χ0n) is 17.7. The van der Waals surface area contributed by atoms with Crippen molar-refractivity contribution < 1.29 is 19.1 Å². The minimum Gasteiger partial charge on any atom is -0.497 e. The van der Waals surface area contributed by atoms with Crippen molar-refractivity contribution in [1.82, 2.24) is 10.2 Å². The van der Waals surface area contributed by atoms with Crippen LogP contribution in [0.1, 0.15) is 31.7 Å². The first-order valence-electron chi connectivity index (χ1n) is 10.0. The van der Waals surface area contributed by atoms with Crippen LogP contribution in [0.15, 0.2) is 48.5 Å². The van der Waals surface area contributed by atoms with Gasteiger partial charge in [0.25, 0.3) is 0 Å². The number of likely N-dealkylation sites (N-methyl/N-ethyl adjacent to an activating group) is 1. The third-order valence-electron chi connectivity index (χ3n) is 4.74. The van der Waals surface area contributed by atoms with Crippen molar-refractivity contribution in [2.75, 3.05) is 20.8 Å². The first-order chi connectivity index (χ1) is 14.5. The van der Waals surface area contributed by atoms with E-state index < -0.39 is 6.04 Å². The third-order valence-corrected chi connectivity index (χ3v) is 4.99. The molecule has 162 valence electrons. The molecule has 7 heteroatoms. The van der Waals surface area contributed by atoms with Gasteiger partial charge in [0, 0.05) is 25.0 Å². The zero-order valence-corrected chi connectivity index (χ0v) is 18.4. The van der Waals surface area contributed by atoms with E-state index in [1.54, 1.807) is 43.3 Å². The van der Waals surface area contributed by atoms with Crippen LogP contribution in [0.2, 0.25) is 5.02 Å². The average molecular weight is 433 g/mol. The van der Waals surface area contributed by atoms with E-state index in [0.717, 1.165) is 5.56 Å². The second-order valence-corrected chi connectivity index (χ2v) is 7.25. The summed E-state index contributed by atoms with van der Waals surface area (Å²) >= 11 is 5.87. The number of amides is 2. The Kier molecular flexibility index (Phi) is 9.48. The largest absolute Gasteiger partial charge is 0.497 e. The van der Waals surface area contributed by atoms with Crippen molar-refractivity contribution in [3.8, 4) is 11.5 Å². The number of carbonyl (C=O) groups excluding carboxylic acids is 2. The summed E-state index contributed by atoms with van der Waals surface area (Å²) < 4.78 is 10.9. The summed E-state index contributed by atoms with van der Waals surface area (Å²) in [7, 11) is 3.18. The van der Waals surface area contributed by atoms with Gasteiger partial charge in [0.05, 0.1) is 13.7 Å². The Hall–Kier alpha value is -2.73. The zero-order chi connectivity index (χ0) is 21.9. The Bertz CT molecular complexity index is 826. The third kappa shape index (κ3) is 6.95. The predicted octanol–water partition coefficient (Wildman–Crippen LogP) is 4.06. The minimum atomic E-state index is -0.536. The summed E-state index contributed by atoms with van der Waals surface area (Å²) in [4.78, 5) is 27.0. The minimum absolute atomic E-state index is 0.0898. The number of carbonyl (C=O) groups is 2. The Morgan fingerprint density at radius 2 is 1.87 bits per heavy atom. The summed E-state index contributed by atoms with van der Waals surface area (Å²) in [6.45, 7) is 2.63. The van der Waals surface area contributed by atoms with Crippen LogP contribution in [0, 0.1) is 0 Å². The predicted molar refractivity (Wildman–Crippen MR) is 118 cm³/mol. The maximum atomic E-state index is 13.0. The van der Waals surface area contributed by atoms with Gasteiger partial charge in [-0.3, -0.25) is 9.59 Å². The van der Waals surface area contributed by atoms with Gasteiger partial charge < -0.3 is 19.7 Å². The van der Waals surface area contributed by atoms with Gasteiger partial charge in [0.15, 0.2) is 0 Å². The molecule has 0 fully saturated rings. The Morgan fingerprint density at radius 1 is 1.13 bits per heavy atom. The van der Waals surface area contributed by atoms with E-state index in [9.17, 15) is 9.59 Å². The second-order valence-electron chi connectivity index (χ2n) is 6.82. The van der Waals surface area contributed by atoms with Gasteiger partial charge in [-0.1, -0.05) is 30.7 Å². The lowest BCUT2D eigenvalue weighted by Crippen LogP contribution is -2.48. The van der Waals surface area contributed by atoms with E-state index in [1.165, 1.54) is 0 Å². The molecule has 1 atom stereocenters. The van der Waals surface area contributed by atoms with E-state index in [2.05, 4.69) is 5.32 Å². The van der Waals surface area contributed by atoms with Crippen LogP contribution in [0.5, 0.6) is 11.5 Å². The standard InChI is InChI=1S/C23H29ClN2O4/c1-4-21(23(28)25-2)26(16-17-7-5-8-20(15-17)29-3)22(27)9-6-14-30-19-12-10-18(24)11-13-19/h5,7-8,10-13,15,21H,4,6,9,14,16H2,1-3H3,(H,25,28)/t21-/m1/s1. The molecule has 2 aromatic carbocycles. The molecule has 0 bridgehead atoms.